The smallest absolute Gasteiger partial charge is 0.261 e. The molecule has 3 aromatic rings. The van der Waals surface area contributed by atoms with Crippen LogP contribution in [-0.4, -0.2) is 22.2 Å². The zero-order valence-corrected chi connectivity index (χ0v) is 16.9. The lowest BCUT2D eigenvalue weighted by atomic mass is 10.2. The monoisotopic (exact) mass is 419 g/mol. The Hall–Kier alpha value is -2.57. The minimum absolute atomic E-state index is 0.110. The van der Waals surface area contributed by atoms with Crippen LogP contribution in [0.4, 0.5) is 0 Å². The molecule has 0 saturated carbocycles. The summed E-state index contributed by atoms with van der Waals surface area (Å²) in [6, 6.07) is 12.4. The van der Waals surface area contributed by atoms with Crippen LogP contribution < -0.4 is 10.1 Å². The molecule has 1 N–H and O–H groups in total. The number of carbonyl (C=O) groups excluding carboxylic acids is 1. The number of nitrogens with zero attached hydrogens (tertiary/aromatic N) is 2. The van der Waals surface area contributed by atoms with E-state index in [9.17, 15) is 4.79 Å². The van der Waals surface area contributed by atoms with Gasteiger partial charge >= 0.3 is 0 Å². The molecule has 0 saturated heterocycles. The average Bonchev–Trinajstić information content (AvgIpc) is 3.16. The van der Waals surface area contributed by atoms with Crippen molar-refractivity contribution in [1.82, 2.24) is 15.5 Å². The van der Waals surface area contributed by atoms with E-state index in [1.165, 1.54) is 0 Å². The lowest BCUT2D eigenvalue weighted by molar-refractivity contribution is -0.128. The van der Waals surface area contributed by atoms with Gasteiger partial charge in [-0.2, -0.15) is 4.98 Å². The second-order valence-electron chi connectivity index (χ2n) is 6.16. The van der Waals surface area contributed by atoms with E-state index in [1.807, 2.05) is 13.8 Å². The lowest BCUT2D eigenvalue weighted by Crippen LogP contribution is -2.37. The molecule has 0 fully saturated rings. The predicted molar refractivity (Wildman–Crippen MR) is 107 cm³/mol. The van der Waals surface area contributed by atoms with Crippen LogP contribution in [0.15, 0.2) is 47.0 Å². The van der Waals surface area contributed by atoms with E-state index in [0.29, 0.717) is 33.9 Å². The molecule has 0 aliphatic rings. The van der Waals surface area contributed by atoms with Crippen LogP contribution >= 0.6 is 23.2 Å². The summed E-state index contributed by atoms with van der Waals surface area (Å²) >= 11 is 11.9. The fourth-order valence-electron chi connectivity index (χ4n) is 2.50. The third-order valence-electron chi connectivity index (χ3n) is 4.06. The minimum atomic E-state index is -0.640. The molecule has 1 atom stereocenters. The van der Waals surface area contributed by atoms with Gasteiger partial charge in [-0.05, 0) is 61.4 Å². The summed E-state index contributed by atoms with van der Waals surface area (Å²) in [5.74, 6) is 1.06. The lowest BCUT2D eigenvalue weighted by Gasteiger charge is -2.17. The van der Waals surface area contributed by atoms with Crippen molar-refractivity contribution >= 4 is 29.1 Å². The summed E-state index contributed by atoms with van der Waals surface area (Å²) in [6.07, 6.45) is -0.132. The van der Waals surface area contributed by atoms with Crippen molar-refractivity contribution in [2.45, 2.75) is 32.9 Å². The molecule has 0 radical (unpaired) electrons. The standard InChI is InChI=1S/C20H19Cl2N3O3/c1-3-17(27-15-8-9-16(22)12(2)10-15)20(26)23-11-18-24-19(25-28-18)13-4-6-14(21)7-5-13/h4-10,17H,3,11H2,1-2H3,(H,23,26). The second kappa shape index (κ2) is 9.08. The van der Waals surface area contributed by atoms with Crippen LogP contribution in [0.5, 0.6) is 5.75 Å². The molecule has 1 heterocycles. The van der Waals surface area contributed by atoms with Gasteiger partial charge in [-0.3, -0.25) is 4.79 Å². The van der Waals surface area contributed by atoms with Gasteiger partial charge in [-0.25, -0.2) is 0 Å². The Balaban J connectivity index is 1.59. The van der Waals surface area contributed by atoms with Gasteiger partial charge in [0.25, 0.3) is 5.91 Å². The summed E-state index contributed by atoms with van der Waals surface area (Å²) in [5.41, 5.74) is 1.66. The Kier molecular flexibility index (Phi) is 6.54. The zero-order valence-electron chi connectivity index (χ0n) is 15.4. The highest BCUT2D eigenvalue weighted by atomic mass is 35.5. The van der Waals surface area contributed by atoms with Crippen LogP contribution in [0.3, 0.4) is 0 Å². The zero-order chi connectivity index (χ0) is 20.1. The molecule has 0 spiro atoms. The Labute approximate surface area is 172 Å². The first kappa shape index (κ1) is 20.2. The predicted octanol–water partition coefficient (Wildman–Crippen LogP) is 4.83. The highest BCUT2D eigenvalue weighted by Gasteiger charge is 2.19. The first-order chi connectivity index (χ1) is 13.5. The van der Waals surface area contributed by atoms with Gasteiger partial charge < -0.3 is 14.6 Å². The fraction of sp³-hybridized carbons (Fsp3) is 0.250. The van der Waals surface area contributed by atoms with Gasteiger partial charge in [0, 0.05) is 15.6 Å². The van der Waals surface area contributed by atoms with Crippen molar-refractivity contribution < 1.29 is 14.1 Å². The van der Waals surface area contributed by atoms with Crippen molar-refractivity contribution in [3.63, 3.8) is 0 Å². The normalized spacial score (nSPS) is 11.9. The van der Waals surface area contributed by atoms with Crippen LogP contribution in [0.25, 0.3) is 11.4 Å². The first-order valence-electron chi connectivity index (χ1n) is 8.75. The first-order valence-corrected chi connectivity index (χ1v) is 9.51. The molecular weight excluding hydrogens is 401 g/mol. The Morgan fingerprint density at radius 3 is 2.64 bits per heavy atom. The molecule has 6 nitrogen and oxygen atoms in total. The number of hydrogen-bond donors (Lipinski definition) is 1. The summed E-state index contributed by atoms with van der Waals surface area (Å²) in [6.45, 7) is 3.86. The number of carbonyl (C=O) groups is 1. The van der Waals surface area contributed by atoms with E-state index < -0.39 is 6.10 Å². The van der Waals surface area contributed by atoms with Gasteiger partial charge in [0.15, 0.2) is 6.10 Å². The molecule has 2 aromatic carbocycles. The van der Waals surface area contributed by atoms with Crippen molar-refractivity contribution in [2.75, 3.05) is 0 Å². The molecule has 1 amide bonds. The number of aromatic nitrogens is 2. The maximum Gasteiger partial charge on any atom is 0.261 e. The van der Waals surface area contributed by atoms with Crippen molar-refractivity contribution in [1.29, 1.82) is 0 Å². The number of halogens is 2. The molecule has 146 valence electrons. The number of ether oxygens (including phenoxy) is 1. The topological polar surface area (TPSA) is 77.2 Å². The number of aryl methyl sites for hydroxylation is 1. The van der Waals surface area contributed by atoms with E-state index in [0.717, 1.165) is 11.1 Å². The third kappa shape index (κ3) is 5.03. The third-order valence-corrected chi connectivity index (χ3v) is 4.73. The molecule has 8 heteroatoms. The number of benzene rings is 2. The van der Waals surface area contributed by atoms with Crippen LogP contribution in [-0.2, 0) is 11.3 Å². The molecule has 1 aromatic heterocycles. The van der Waals surface area contributed by atoms with Gasteiger partial charge in [-0.1, -0.05) is 35.3 Å². The van der Waals surface area contributed by atoms with Gasteiger partial charge in [0.1, 0.15) is 5.75 Å². The average molecular weight is 420 g/mol. The summed E-state index contributed by atoms with van der Waals surface area (Å²) < 4.78 is 11.0. The van der Waals surface area contributed by atoms with E-state index in [-0.39, 0.29) is 12.5 Å². The summed E-state index contributed by atoms with van der Waals surface area (Å²) in [5, 5.41) is 7.96. The minimum Gasteiger partial charge on any atom is -0.481 e. The largest absolute Gasteiger partial charge is 0.481 e. The van der Waals surface area contributed by atoms with Crippen molar-refractivity contribution in [3.05, 3.63) is 64.0 Å². The van der Waals surface area contributed by atoms with Crippen LogP contribution in [0.1, 0.15) is 24.8 Å². The molecule has 0 bridgehead atoms. The quantitative estimate of drug-likeness (QED) is 0.593. The maximum absolute atomic E-state index is 12.5. The Bertz CT molecular complexity index is 958. The molecular formula is C20H19Cl2N3O3. The number of amides is 1. The Morgan fingerprint density at radius 2 is 1.96 bits per heavy atom. The van der Waals surface area contributed by atoms with Crippen molar-refractivity contribution in [2.24, 2.45) is 0 Å². The molecule has 28 heavy (non-hydrogen) atoms. The van der Waals surface area contributed by atoms with Crippen LogP contribution in [0, 0.1) is 6.92 Å². The number of hydrogen-bond acceptors (Lipinski definition) is 5. The second-order valence-corrected chi connectivity index (χ2v) is 7.01. The summed E-state index contributed by atoms with van der Waals surface area (Å²) in [7, 11) is 0. The fourth-order valence-corrected chi connectivity index (χ4v) is 2.74. The highest BCUT2D eigenvalue weighted by Crippen LogP contribution is 2.22. The van der Waals surface area contributed by atoms with Crippen LogP contribution in [0.2, 0.25) is 10.0 Å². The molecule has 3 rings (SSSR count). The molecule has 0 aliphatic heterocycles. The van der Waals surface area contributed by atoms with Crippen molar-refractivity contribution in [3.8, 4) is 17.1 Å². The number of nitrogens with one attached hydrogen (secondary N) is 1. The Morgan fingerprint density at radius 1 is 1.21 bits per heavy atom. The SMILES string of the molecule is CCC(Oc1ccc(Cl)c(C)c1)C(=O)NCc1nc(-c2ccc(Cl)cc2)no1. The van der Waals surface area contributed by atoms with E-state index in [4.69, 9.17) is 32.5 Å². The van der Waals surface area contributed by atoms with Gasteiger partial charge in [0.2, 0.25) is 11.7 Å². The molecule has 1 unspecified atom stereocenters. The van der Waals surface area contributed by atoms with E-state index >= 15 is 0 Å². The maximum atomic E-state index is 12.5. The van der Waals surface area contributed by atoms with Gasteiger partial charge in [-0.15, -0.1) is 0 Å². The van der Waals surface area contributed by atoms with E-state index in [2.05, 4.69) is 15.5 Å². The number of rotatable bonds is 7. The summed E-state index contributed by atoms with van der Waals surface area (Å²) in [4.78, 5) is 16.7. The molecule has 0 aliphatic carbocycles. The van der Waals surface area contributed by atoms with Gasteiger partial charge in [0.05, 0.1) is 6.54 Å². The van der Waals surface area contributed by atoms with E-state index in [1.54, 1.807) is 42.5 Å². The highest BCUT2D eigenvalue weighted by molar-refractivity contribution is 6.31.